The van der Waals surface area contributed by atoms with Gasteiger partial charge < -0.3 is 4.42 Å². The lowest BCUT2D eigenvalue weighted by atomic mass is 10.1. The predicted octanol–water partition coefficient (Wildman–Crippen LogP) is 2.76. The van der Waals surface area contributed by atoms with Gasteiger partial charge in [0.25, 0.3) is 0 Å². The summed E-state index contributed by atoms with van der Waals surface area (Å²) in [5.74, 6) is 0.986. The molecule has 1 fully saturated rings. The molecule has 1 saturated heterocycles. The highest BCUT2D eigenvalue weighted by Crippen LogP contribution is 2.29. The Morgan fingerprint density at radius 1 is 1.56 bits per heavy atom. The van der Waals surface area contributed by atoms with Gasteiger partial charge in [-0.2, -0.15) is 17.6 Å². The first kappa shape index (κ1) is 11.9. The lowest BCUT2D eigenvalue weighted by molar-refractivity contribution is -0.117. The summed E-state index contributed by atoms with van der Waals surface area (Å²) in [7, 11) is 0. The molecule has 6 heteroatoms. The highest BCUT2D eigenvalue weighted by atomic mass is 35.5. The third-order valence-electron chi connectivity index (χ3n) is 3.03. The number of oxazole rings is 1. The van der Waals surface area contributed by atoms with Crippen LogP contribution in [0.15, 0.2) is 22.6 Å². The number of halogens is 1. The number of rotatable bonds is 2. The van der Waals surface area contributed by atoms with Crippen molar-refractivity contribution >= 4 is 47.3 Å². The molecule has 0 aliphatic carbocycles. The Bertz CT molecular complexity index is 613. The SMILES string of the molecule is O=C1CC(CS)CN1c1nc2cc(Cl)ccc2o1. The molecule has 1 aliphatic rings. The van der Waals surface area contributed by atoms with Gasteiger partial charge in [0.1, 0.15) is 5.52 Å². The summed E-state index contributed by atoms with van der Waals surface area (Å²) in [5, 5.41) is 0.600. The molecule has 18 heavy (non-hydrogen) atoms. The van der Waals surface area contributed by atoms with Gasteiger partial charge >= 0.3 is 6.01 Å². The number of nitrogens with zero attached hydrogens (tertiary/aromatic N) is 2. The summed E-state index contributed by atoms with van der Waals surface area (Å²) < 4.78 is 5.58. The number of amides is 1. The van der Waals surface area contributed by atoms with Gasteiger partial charge in [0, 0.05) is 18.0 Å². The Morgan fingerprint density at radius 2 is 2.39 bits per heavy atom. The molecule has 0 spiro atoms. The Kier molecular flexibility index (Phi) is 2.95. The number of hydrogen-bond donors (Lipinski definition) is 1. The molecule has 0 saturated carbocycles. The van der Waals surface area contributed by atoms with Crippen LogP contribution in [0.5, 0.6) is 0 Å². The number of benzene rings is 1. The van der Waals surface area contributed by atoms with Gasteiger partial charge in [-0.3, -0.25) is 9.69 Å². The fraction of sp³-hybridized carbons (Fsp3) is 0.333. The van der Waals surface area contributed by atoms with Crippen LogP contribution in [-0.4, -0.2) is 23.2 Å². The fourth-order valence-corrected chi connectivity index (χ4v) is 2.50. The van der Waals surface area contributed by atoms with Crippen molar-refractivity contribution in [2.24, 2.45) is 5.92 Å². The molecule has 0 radical (unpaired) electrons. The number of carbonyl (C=O) groups excluding carboxylic acids is 1. The summed E-state index contributed by atoms with van der Waals surface area (Å²) in [6.45, 7) is 0.614. The molecule has 1 aromatic heterocycles. The van der Waals surface area contributed by atoms with Crippen molar-refractivity contribution in [2.75, 3.05) is 17.2 Å². The molecule has 0 N–H and O–H groups in total. The van der Waals surface area contributed by atoms with Gasteiger partial charge in [-0.1, -0.05) is 11.6 Å². The zero-order valence-corrected chi connectivity index (χ0v) is 11.1. The Balaban J connectivity index is 1.97. The van der Waals surface area contributed by atoms with Gasteiger partial charge in [-0.15, -0.1) is 0 Å². The van der Waals surface area contributed by atoms with Crippen LogP contribution in [0.25, 0.3) is 11.1 Å². The smallest absolute Gasteiger partial charge is 0.305 e. The lowest BCUT2D eigenvalue weighted by Crippen LogP contribution is -2.24. The second-order valence-corrected chi connectivity index (χ2v) is 5.17. The third-order valence-corrected chi connectivity index (χ3v) is 3.78. The maximum Gasteiger partial charge on any atom is 0.305 e. The molecule has 1 unspecified atom stereocenters. The van der Waals surface area contributed by atoms with Crippen LogP contribution in [0.3, 0.4) is 0 Å². The number of thiol groups is 1. The van der Waals surface area contributed by atoms with E-state index in [9.17, 15) is 4.79 Å². The van der Waals surface area contributed by atoms with Crippen molar-refractivity contribution in [1.29, 1.82) is 0 Å². The molecule has 2 aromatic rings. The molecular weight excluding hydrogens is 272 g/mol. The minimum Gasteiger partial charge on any atom is -0.423 e. The summed E-state index contributed by atoms with van der Waals surface area (Å²) in [6, 6.07) is 5.56. The first-order chi connectivity index (χ1) is 8.67. The highest BCUT2D eigenvalue weighted by Gasteiger charge is 2.32. The Labute approximate surface area is 114 Å². The van der Waals surface area contributed by atoms with Crippen LogP contribution in [-0.2, 0) is 4.79 Å². The maximum atomic E-state index is 11.9. The van der Waals surface area contributed by atoms with E-state index in [1.807, 2.05) is 0 Å². The Hall–Kier alpha value is -1.20. The van der Waals surface area contributed by atoms with Gasteiger partial charge in [0.2, 0.25) is 5.91 Å². The van der Waals surface area contributed by atoms with Crippen LogP contribution < -0.4 is 4.90 Å². The second kappa shape index (κ2) is 4.48. The van der Waals surface area contributed by atoms with Gasteiger partial charge in [-0.25, -0.2) is 0 Å². The van der Waals surface area contributed by atoms with Crippen molar-refractivity contribution in [3.05, 3.63) is 23.2 Å². The summed E-state index contributed by atoms with van der Waals surface area (Å²) in [5.41, 5.74) is 1.30. The van der Waals surface area contributed by atoms with Gasteiger partial charge in [0.05, 0.1) is 0 Å². The second-order valence-electron chi connectivity index (χ2n) is 4.37. The zero-order valence-electron chi connectivity index (χ0n) is 9.47. The average molecular weight is 283 g/mol. The minimum absolute atomic E-state index is 0.0340. The van der Waals surface area contributed by atoms with E-state index in [0.29, 0.717) is 40.9 Å². The highest BCUT2D eigenvalue weighted by molar-refractivity contribution is 7.80. The standard InChI is InChI=1S/C12H11ClN2O2S/c13-8-1-2-10-9(4-8)14-12(17-10)15-5-7(6-18)3-11(15)16/h1-2,4,7,18H,3,5-6H2. The molecule has 1 aliphatic heterocycles. The first-order valence-electron chi connectivity index (χ1n) is 5.64. The van der Waals surface area contributed by atoms with Crippen molar-refractivity contribution in [3.63, 3.8) is 0 Å². The van der Waals surface area contributed by atoms with E-state index >= 15 is 0 Å². The molecule has 4 nitrogen and oxygen atoms in total. The van der Waals surface area contributed by atoms with Crippen molar-refractivity contribution < 1.29 is 9.21 Å². The zero-order chi connectivity index (χ0) is 12.7. The third kappa shape index (κ3) is 1.97. The molecular formula is C12H11ClN2O2S. The van der Waals surface area contributed by atoms with E-state index in [-0.39, 0.29) is 11.8 Å². The van der Waals surface area contributed by atoms with Gasteiger partial charge in [-0.05, 0) is 29.9 Å². The van der Waals surface area contributed by atoms with Gasteiger partial charge in [0.15, 0.2) is 5.58 Å². The number of carbonyl (C=O) groups is 1. The van der Waals surface area contributed by atoms with E-state index < -0.39 is 0 Å². The van der Waals surface area contributed by atoms with Crippen LogP contribution in [0.1, 0.15) is 6.42 Å². The summed E-state index contributed by atoms with van der Waals surface area (Å²) in [4.78, 5) is 17.7. The minimum atomic E-state index is 0.0340. The van der Waals surface area contributed by atoms with Crippen molar-refractivity contribution in [3.8, 4) is 0 Å². The molecule has 1 atom stereocenters. The van der Waals surface area contributed by atoms with E-state index in [1.54, 1.807) is 23.1 Å². The van der Waals surface area contributed by atoms with E-state index in [1.165, 1.54) is 0 Å². The van der Waals surface area contributed by atoms with Crippen LogP contribution >= 0.6 is 24.2 Å². The average Bonchev–Trinajstić information content (AvgIpc) is 2.91. The van der Waals surface area contributed by atoms with Crippen molar-refractivity contribution in [2.45, 2.75) is 6.42 Å². The van der Waals surface area contributed by atoms with Crippen LogP contribution in [0.4, 0.5) is 6.01 Å². The van der Waals surface area contributed by atoms with Crippen LogP contribution in [0, 0.1) is 5.92 Å². The lowest BCUT2D eigenvalue weighted by Gasteiger charge is -2.10. The number of hydrogen-bond acceptors (Lipinski definition) is 4. The molecule has 1 amide bonds. The number of aromatic nitrogens is 1. The molecule has 94 valence electrons. The van der Waals surface area contributed by atoms with E-state index in [2.05, 4.69) is 17.6 Å². The summed E-state index contributed by atoms with van der Waals surface area (Å²) in [6.07, 6.45) is 0.503. The quantitative estimate of drug-likeness (QED) is 0.862. The maximum absolute atomic E-state index is 11.9. The first-order valence-corrected chi connectivity index (χ1v) is 6.65. The monoisotopic (exact) mass is 282 g/mol. The summed E-state index contributed by atoms with van der Waals surface area (Å²) >= 11 is 10.1. The van der Waals surface area contributed by atoms with E-state index in [0.717, 1.165) is 0 Å². The number of anilines is 1. The molecule has 0 bridgehead atoms. The topological polar surface area (TPSA) is 46.3 Å². The number of fused-ring (bicyclic) bond motifs is 1. The predicted molar refractivity (Wildman–Crippen MR) is 73.3 cm³/mol. The van der Waals surface area contributed by atoms with Crippen molar-refractivity contribution in [1.82, 2.24) is 4.98 Å². The molecule has 3 rings (SSSR count). The molecule has 2 heterocycles. The fourth-order valence-electron chi connectivity index (χ4n) is 2.09. The van der Waals surface area contributed by atoms with Crippen LogP contribution in [0.2, 0.25) is 5.02 Å². The van der Waals surface area contributed by atoms with E-state index in [4.69, 9.17) is 16.0 Å². The Morgan fingerprint density at radius 3 is 3.11 bits per heavy atom. The molecule has 1 aromatic carbocycles. The largest absolute Gasteiger partial charge is 0.423 e. The normalized spacial score (nSPS) is 20.0.